The highest BCUT2D eigenvalue weighted by Gasteiger charge is 2.18. The number of nitro benzene ring substituents is 1. The Labute approximate surface area is 88.1 Å². The third-order valence-corrected chi connectivity index (χ3v) is 2.18. The van der Waals surface area contributed by atoms with Crippen molar-refractivity contribution >= 4 is 22.6 Å². The molecule has 0 spiro atoms. The van der Waals surface area contributed by atoms with Gasteiger partial charge in [-0.3, -0.25) is 10.1 Å². The first kappa shape index (κ1) is 9.97. The lowest BCUT2D eigenvalue weighted by Crippen LogP contribution is -1.95. The first-order chi connectivity index (χ1) is 7.50. The number of nitrogens with one attached hydrogen (secondary N) is 1. The third-order valence-electron chi connectivity index (χ3n) is 2.18. The Bertz CT molecular complexity index is 601. The molecule has 1 aromatic heterocycles. The SMILES string of the molecule is O=C(O)c1cc2c(O)ccc([N+](=O)[O-])c2[nH]1. The van der Waals surface area contributed by atoms with Gasteiger partial charge < -0.3 is 15.2 Å². The van der Waals surface area contributed by atoms with Crippen molar-refractivity contribution < 1.29 is 19.9 Å². The van der Waals surface area contributed by atoms with Crippen molar-refractivity contribution in [2.75, 3.05) is 0 Å². The molecule has 0 amide bonds. The number of carboxylic acids is 1. The number of aromatic amines is 1. The summed E-state index contributed by atoms with van der Waals surface area (Å²) in [6.45, 7) is 0. The van der Waals surface area contributed by atoms with Crippen LogP contribution in [0.1, 0.15) is 10.5 Å². The van der Waals surface area contributed by atoms with Crippen LogP contribution in [0.2, 0.25) is 0 Å². The molecule has 0 aliphatic carbocycles. The van der Waals surface area contributed by atoms with Crippen molar-refractivity contribution in [2.45, 2.75) is 0 Å². The van der Waals surface area contributed by atoms with E-state index < -0.39 is 10.9 Å². The summed E-state index contributed by atoms with van der Waals surface area (Å²) >= 11 is 0. The number of phenolic OH excluding ortho intramolecular Hbond substituents is 1. The molecule has 0 aliphatic rings. The first-order valence-corrected chi connectivity index (χ1v) is 4.23. The van der Waals surface area contributed by atoms with Gasteiger partial charge >= 0.3 is 5.97 Å². The molecule has 7 heteroatoms. The lowest BCUT2D eigenvalue weighted by Gasteiger charge is -1.95. The number of nitrogens with zero attached hydrogens (tertiary/aromatic N) is 1. The van der Waals surface area contributed by atoms with E-state index in [1.165, 1.54) is 0 Å². The van der Waals surface area contributed by atoms with Crippen LogP contribution >= 0.6 is 0 Å². The van der Waals surface area contributed by atoms with Crippen LogP contribution in [0.3, 0.4) is 0 Å². The predicted molar refractivity (Wildman–Crippen MR) is 53.6 cm³/mol. The highest BCUT2D eigenvalue weighted by atomic mass is 16.6. The molecule has 0 unspecified atom stereocenters. The van der Waals surface area contributed by atoms with Crippen molar-refractivity contribution in [2.24, 2.45) is 0 Å². The second-order valence-corrected chi connectivity index (χ2v) is 3.14. The van der Waals surface area contributed by atoms with Crippen LogP contribution < -0.4 is 0 Å². The maximum Gasteiger partial charge on any atom is 0.352 e. The van der Waals surface area contributed by atoms with Gasteiger partial charge in [0.05, 0.1) is 4.92 Å². The first-order valence-electron chi connectivity index (χ1n) is 4.23. The largest absolute Gasteiger partial charge is 0.507 e. The van der Waals surface area contributed by atoms with Gasteiger partial charge in [-0.25, -0.2) is 4.79 Å². The lowest BCUT2D eigenvalue weighted by molar-refractivity contribution is -0.383. The maximum atomic E-state index is 10.7. The number of benzene rings is 1. The molecule has 82 valence electrons. The number of rotatable bonds is 2. The molecule has 0 aliphatic heterocycles. The van der Waals surface area contributed by atoms with Crippen molar-refractivity contribution in [1.82, 2.24) is 4.98 Å². The minimum Gasteiger partial charge on any atom is -0.507 e. The van der Waals surface area contributed by atoms with Gasteiger partial charge in [-0.2, -0.15) is 0 Å². The lowest BCUT2D eigenvalue weighted by atomic mass is 10.2. The summed E-state index contributed by atoms with van der Waals surface area (Å²) < 4.78 is 0. The van der Waals surface area contributed by atoms with E-state index in [1.54, 1.807) is 0 Å². The van der Waals surface area contributed by atoms with E-state index in [1.807, 2.05) is 0 Å². The van der Waals surface area contributed by atoms with Gasteiger partial charge in [-0.1, -0.05) is 0 Å². The van der Waals surface area contributed by atoms with Crippen molar-refractivity contribution in [3.63, 3.8) is 0 Å². The number of fused-ring (bicyclic) bond motifs is 1. The Hall–Kier alpha value is -2.57. The molecule has 0 bridgehead atoms. The third kappa shape index (κ3) is 1.34. The molecule has 3 N–H and O–H groups in total. The number of carboxylic acid groups (broad SMARTS) is 1. The minimum absolute atomic E-state index is 0.00222. The molecule has 2 aromatic rings. The number of H-pyrrole nitrogens is 1. The summed E-state index contributed by atoms with van der Waals surface area (Å²) in [7, 11) is 0. The van der Waals surface area contributed by atoms with E-state index >= 15 is 0 Å². The number of carbonyl (C=O) groups is 1. The summed E-state index contributed by atoms with van der Waals surface area (Å²) in [6.07, 6.45) is 0. The second kappa shape index (κ2) is 3.23. The van der Waals surface area contributed by atoms with Gasteiger partial charge in [0.2, 0.25) is 0 Å². The molecular weight excluding hydrogens is 216 g/mol. The van der Waals surface area contributed by atoms with E-state index in [0.717, 1.165) is 18.2 Å². The molecule has 0 saturated carbocycles. The van der Waals surface area contributed by atoms with Gasteiger partial charge in [0.1, 0.15) is 17.0 Å². The summed E-state index contributed by atoms with van der Waals surface area (Å²) in [5, 5.41) is 28.9. The van der Waals surface area contributed by atoms with E-state index in [4.69, 9.17) is 5.11 Å². The van der Waals surface area contributed by atoms with Gasteiger partial charge in [-0.15, -0.1) is 0 Å². The van der Waals surface area contributed by atoms with Crippen LogP contribution in [0.5, 0.6) is 5.75 Å². The Kier molecular flexibility index (Phi) is 2.01. The van der Waals surface area contributed by atoms with E-state index in [2.05, 4.69) is 4.98 Å². The summed E-state index contributed by atoms with van der Waals surface area (Å²) in [5.41, 5.74) is -0.484. The highest BCUT2D eigenvalue weighted by Crippen LogP contribution is 2.32. The number of non-ortho nitro benzene ring substituents is 1. The Morgan fingerprint density at radius 3 is 2.69 bits per heavy atom. The van der Waals surface area contributed by atoms with Crippen LogP contribution in [-0.2, 0) is 0 Å². The zero-order valence-corrected chi connectivity index (χ0v) is 7.80. The van der Waals surface area contributed by atoms with Crippen molar-refractivity contribution in [3.8, 4) is 5.75 Å². The molecule has 2 rings (SSSR count). The molecule has 0 saturated heterocycles. The fourth-order valence-corrected chi connectivity index (χ4v) is 1.46. The van der Waals surface area contributed by atoms with Crippen LogP contribution in [0.25, 0.3) is 10.9 Å². The molecule has 0 fully saturated rings. The number of nitro groups is 1. The number of hydrogen-bond donors (Lipinski definition) is 3. The quantitative estimate of drug-likeness (QED) is 0.525. The van der Waals surface area contributed by atoms with Gasteiger partial charge in [-0.05, 0) is 12.1 Å². The average molecular weight is 222 g/mol. The van der Waals surface area contributed by atoms with Gasteiger partial charge in [0.15, 0.2) is 0 Å². The van der Waals surface area contributed by atoms with E-state index in [9.17, 15) is 20.0 Å². The van der Waals surface area contributed by atoms with Gasteiger partial charge in [0.25, 0.3) is 5.69 Å². The monoisotopic (exact) mass is 222 g/mol. The van der Waals surface area contributed by atoms with Crippen LogP contribution in [0, 0.1) is 10.1 Å². The molecule has 16 heavy (non-hydrogen) atoms. The fourth-order valence-electron chi connectivity index (χ4n) is 1.46. The van der Waals surface area contributed by atoms with Crippen LogP contribution in [-0.4, -0.2) is 26.1 Å². The number of aromatic nitrogens is 1. The van der Waals surface area contributed by atoms with E-state index in [0.29, 0.717) is 0 Å². The summed E-state index contributed by atoms with van der Waals surface area (Å²) in [6, 6.07) is 3.42. The van der Waals surface area contributed by atoms with E-state index in [-0.39, 0.29) is 28.0 Å². The number of aromatic carboxylic acids is 1. The Morgan fingerprint density at radius 1 is 1.44 bits per heavy atom. The highest BCUT2D eigenvalue weighted by molar-refractivity contribution is 5.99. The van der Waals surface area contributed by atoms with Crippen molar-refractivity contribution in [3.05, 3.63) is 34.0 Å². The smallest absolute Gasteiger partial charge is 0.352 e. The average Bonchev–Trinajstić information content (AvgIpc) is 2.62. The summed E-state index contributed by atoms with van der Waals surface area (Å²) in [4.78, 5) is 23.1. The number of phenols is 1. The predicted octanol–water partition coefficient (Wildman–Crippen LogP) is 1.48. The van der Waals surface area contributed by atoms with Crippen LogP contribution in [0.15, 0.2) is 18.2 Å². The number of aromatic hydroxyl groups is 1. The molecule has 1 heterocycles. The maximum absolute atomic E-state index is 10.7. The molecule has 7 nitrogen and oxygen atoms in total. The second-order valence-electron chi connectivity index (χ2n) is 3.14. The standard InChI is InChI=1S/C9H6N2O5/c12-7-2-1-6(11(15)16)8-4(7)3-5(10-8)9(13)14/h1-3,10,12H,(H,13,14). The van der Waals surface area contributed by atoms with Gasteiger partial charge in [0, 0.05) is 11.5 Å². The minimum atomic E-state index is -1.25. The molecule has 1 aromatic carbocycles. The zero-order valence-electron chi connectivity index (χ0n) is 7.80. The molecular formula is C9H6N2O5. The Morgan fingerprint density at radius 2 is 2.12 bits per heavy atom. The number of hydrogen-bond acceptors (Lipinski definition) is 4. The van der Waals surface area contributed by atoms with Crippen LogP contribution in [0.4, 0.5) is 5.69 Å². The summed E-state index contributed by atoms with van der Waals surface area (Å²) in [5.74, 6) is -1.45. The molecule has 0 atom stereocenters. The normalized spacial score (nSPS) is 10.5. The topological polar surface area (TPSA) is 116 Å². The molecule has 0 radical (unpaired) electrons. The zero-order chi connectivity index (χ0) is 11.9. The van der Waals surface area contributed by atoms with Crippen molar-refractivity contribution in [1.29, 1.82) is 0 Å². The fraction of sp³-hybridized carbons (Fsp3) is 0. The Balaban J connectivity index is 2.82.